The molecule has 3 fully saturated rings. The van der Waals surface area contributed by atoms with Gasteiger partial charge in [0.1, 0.15) is 0 Å². The van der Waals surface area contributed by atoms with Crippen LogP contribution in [0, 0.1) is 28.6 Å². The lowest BCUT2D eigenvalue weighted by atomic mass is 9.46. The molecule has 1 aromatic heterocycles. The lowest BCUT2D eigenvalue weighted by molar-refractivity contribution is -0.133. The second-order valence-corrected chi connectivity index (χ2v) is 19.3. The molecule has 1 aromatic rings. The van der Waals surface area contributed by atoms with Crippen LogP contribution in [-0.2, 0) is 14.8 Å². The zero-order valence-corrected chi connectivity index (χ0v) is 24.9. The fraction of sp³-hybridized carbons (Fsp3) is 0.806. The Kier molecular flexibility index (Phi) is 6.75. The molecule has 5 rings (SSSR count). The van der Waals surface area contributed by atoms with Gasteiger partial charge in [-0.2, -0.15) is 0 Å². The molecular weight excluding hydrogens is 464 g/mol. The second-order valence-electron chi connectivity index (χ2n) is 14.4. The second kappa shape index (κ2) is 9.10. The molecule has 36 heavy (non-hydrogen) atoms. The van der Waals surface area contributed by atoms with Gasteiger partial charge in [-0.3, -0.25) is 0 Å². The van der Waals surface area contributed by atoms with Gasteiger partial charge >= 0.3 is 0 Å². The summed E-state index contributed by atoms with van der Waals surface area (Å²) in [5, 5.41) is 12.2. The summed E-state index contributed by atoms with van der Waals surface area (Å²) in [7, 11) is -1.71. The predicted molar refractivity (Wildman–Crippen MR) is 147 cm³/mol. The Morgan fingerprint density at radius 3 is 2.47 bits per heavy atom. The van der Waals surface area contributed by atoms with Crippen molar-refractivity contribution in [2.24, 2.45) is 28.6 Å². The number of rotatable bonds is 6. The van der Waals surface area contributed by atoms with Gasteiger partial charge in [0, 0.05) is 11.0 Å². The third-order valence-electron chi connectivity index (χ3n) is 11.9. The van der Waals surface area contributed by atoms with E-state index in [0.29, 0.717) is 25.0 Å². The highest BCUT2D eigenvalue weighted by Crippen LogP contribution is 2.69. The van der Waals surface area contributed by atoms with E-state index >= 15 is 0 Å². The molecule has 0 aliphatic heterocycles. The molecule has 4 aliphatic rings. The SMILES string of the molecule is CC(C)(C)[Si](C)(C)OCCOC1C=C2CC[C@@H]3[C@@H](CC[C@@]4(C)[C@H]3CCC4(O)c3ccoc3)[C@@]2(C)CC1. The summed E-state index contributed by atoms with van der Waals surface area (Å²) in [6.45, 7) is 17.8. The van der Waals surface area contributed by atoms with Crippen LogP contribution in [0.5, 0.6) is 0 Å². The van der Waals surface area contributed by atoms with Gasteiger partial charge in [-0.1, -0.05) is 46.3 Å². The highest BCUT2D eigenvalue weighted by molar-refractivity contribution is 6.74. The molecule has 1 N–H and O–H groups in total. The third-order valence-corrected chi connectivity index (χ3v) is 16.4. The van der Waals surface area contributed by atoms with Crippen molar-refractivity contribution < 1.29 is 18.7 Å². The number of ether oxygens (including phenoxy) is 1. The van der Waals surface area contributed by atoms with Gasteiger partial charge in [-0.15, -0.1) is 0 Å². The van der Waals surface area contributed by atoms with Gasteiger partial charge < -0.3 is 18.7 Å². The van der Waals surface area contributed by atoms with E-state index in [1.54, 1.807) is 18.1 Å². The average Bonchev–Trinajstić information content (AvgIpc) is 3.44. The van der Waals surface area contributed by atoms with E-state index in [4.69, 9.17) is 13.6 Å². The Bertz CT molecular complexity index is 962. The number of hydrogen-bond donors (Lipinski definition) is 1. The van der Waals surface area contributed by atoms with Crippen molar-refractivity contribution in [1.82, 2.24) is 0 Å². The van der Waals surface area contributed by atoms with E-state index in [9.17, 15) is 5.11 Å². The zero-order valence-electron chi connectivity index (χ0n) is 23.9. The van der Waals surface area contributed by atoms with Crippen LogP contribution in [0.3, 0.4) is 0 Å². The Hall–Kier alpha value is -0.883. The lowest BCUT2D eigenvalue weighted by Crippen LogP contribution is -2.53. The van der Waals surface area contributed by atoms with Crippen molar-refractivity contribution in [3.63, 3.8) is 0 Å². The Labute approximate surface area is 220 Å². The van der Waals surface area contributed by atoms with Gasteiger partial charge in [0.05, 0.1) is 37.4 Å². The van der Waals surface area contributed by atoms with Crippen molar-refractivity contribution in [2.45, 2.75) is 116 Å². The average molecular weight is 515 g/mol. The fourth-order valence-corrected chi connectivity index (χ4v) is 9.56. The molecule has 4 nitrogen and oxygen atoms in total. The predicted octanol–water partition coefficient (Wildman–Crippen LogP) is 7.84. The normalized spacial score (nSPS) is 40.8. The summed E-state index contributed by atoms with van der Waals surface area (Å²) < 4.78 is 18.1. The minimum absolute atomic E-state index is 0.0555. The van der Waals surface area contributed by atoms with Crippen LogP contribution >= 0.6 is 0 Å². The van der Waals surface area contributed by atoms with E-state index in [0.717, 1.165) is 37.2 Å². The zero-order chi connectivity index (χ0) is 26.0. The number of allylic oxidation sites excluding steroid dienone is 1. The molecule has 0 aromatic carbocycles. The minimum Gasteiger partial charge on any atom is -0.472 e. The van der Waals surface area contributed by atoms with Crippen molar-refractivity contribution in [2.75, 3.05) is 13.2 Å². The molecule has 0 saturated heterocycles. The van der Waals surface area contributed by atoms with Crippen LogP contribution < -0.4 is 0 Å². The molecule has 0 spiro atoms. The largest absolute Gasteiger partial charge is 0.472 e. The van der Waals surface area contributed by atoms with Gasteiger partial charge in [-0.05, 0) is 98.7 Å². The first-order chi connectivity index (χ1) is 16.8. The van der Waals surface area contributed by atoms with E-state index in [2.05, 4.69) is 53.8 Å². The minimum atomic E-state index is -1.71. The summed E-state index contributed by atoms with van der Waals surface area (Å²) in [6.07, 6.45) is 15.3. The van der Waals surface area contributed by atoms with Crippen molar-refractivity contribution >= 4 is 8.32 Å². The monoisotopic (exact) mass is 514 g/mol. The van der Waals surface area contributed by atoms with Crippen LogP contribution in [0.4, 0.5) is 0 Å². The van der Waals surface area contributed by atoms with E-state index in [1.165, 1.54) is 25.7 Å². The Balaban J connectivity index is 1.24. The molecule has 0 radical (unpaired) electrons. The Morgan fingerprint density at radius 1 is 1.03 bits per heavy atom. The molecule has 7 atom stereocenters. The standard InChI is InChI=1S/C31H50O4Si/c1-28(2,3)36(6,7)35-19-18-34-24-10-14-29(4)22(20-24)8-9-25-26(29)11-15-30(5)27(25)12-16-31(30,32)23-13-17-33-21-23/h13,17,20-21,24-27,32H,8-12,14-16,18-19H2,1-7H3/t24?,25-,26-,27+,29+,30+,31?/m1/s1. The van der Waals surface area contributed by atoms with E-state index in [1.807, 2.05) is 6.07 Å². The maximum absolute atomic E-state index is 11.9. The molecule has 3 saturated carbocycles. The first-order valence-electron chi connectivity index (χ1n) is 14.5. The molecule has 202 valence electrons. The summed E-state index contributed by atoms with van der Waals surface area (Å²) in [6, 6.07) is 1.99. The lowest BCUT2D eigenvalue weighted by Gasteiger charge is -2.59. The van der Waals surface area contributed by atoms with Crippen molar-refractivity contribution in [3.8, 4) is 0 Å². The topological polar surface area (TPSA) is 51.8 Å². The highest BCUT2D eigenvalue weighted by atomic mass is 28.4. The van der Waals surface area contributed by atoms with Crippen LogP contribution in [0.25, 0.3) is 0 Å². The summed E-state index contributed by atoms with van der Waals surface area (Å²) in [4.78, 5) is 0. The maximum atomic E-state index is 11.9. The first-order valence-corrected chi connectivity index (χ1v) is 17.4. The smallest absolute Gasteiger partial charge is 0.192 e. The molecule has 1 heterocycles. The van der Waals surface area contributed by atoms with Crippen molar-refractivity contribution in [1.29, 1.82) is 0 Å². The third kappa shape index (κ3) is 4.11. The van der Waals surface area contributed by atoms with Crippen molar-refractivity contribution in [3.05, 3.63) is 35.8 Å². The van der Waals surface area contributed by atoms with Gasteiger partial charge in [0.25, 0.3) is 0 Å². The summed E-state index contributed by atoms with van der Waals surface area (Å²) >= 11 is 0. The quantitative estimate of drug-likeness (QED) is 0.239. The molecule has 4 aliphatic carbocycles. The van der Waals surface area contributed by atoms with Gasteiger partial charge in [-0.25, -0.2) is 0 Å². The van der Waals surface area contributed by atoms with E-state index < -0.39 is 13.9 Å². The number of fused-ring (bicyclic) bond motifs is 5. The number of hydrogen-bond acceptors (Lipinski definition) is 4. The molecular formula is C31H50O4Si. The Morgan fingerprint density at radius 2 is 1.78 bits per heavy atom. The number of aliphatic hydroxyl groups is 1. The fourth-order valence-electron chi connectivity index (χ4n) is 8.53. The van der Waals surface area contributed by atoms with Crippen LogP contribution in [0.1, 0.15) is 91.5 Å². The van der Waals surface area contributed by atoms with Gasteiger partial charge in [0.15, 0.2) is 8.32 Å². The van der Waals surface area contributed by atoms with Gasteiger partial charge in [0.2, 0.25) is 0 Å². The highest BCUT2D eigenvalue weighted by Gasteiger charge is 2.64. The maximum Gasteiger partial charge on any atom is 0.192 e. The molecule has 0 amide bonds. The summed E-state index contributed by atoms with van der Waals surface area (Å²) in [5.41, 5.74) is 2.13. The molecule has 2 unspecified atom stereocenters. The van der Waals surface area contributed by atoms with Crippen LogP contribution in [0.15, 0.2) is 34.7 Å². The first kappa shape index (κ1) is 26.7. The summed E-state index contributed by atoms with van der Waals surface area (Å²) in [5.74, 6) is 2.03. The molecule has 0 bridgehead atoms. The number of furan rings is 1. The van der Waals surface area contributed by atoms with Crippen LogP contribution in [0.2, 0.25) is 18.1 Å². The van der Waals surface area contributed by atoms with E-state index in [-0.39, 0.29) is 22.0 Å². The molecule has 5 heteroatoms. The van der Waals surface area contributed by atoms with Crippen LogP contribution in [-0.4, -0.2) is 32.7 Å².